The lowest BCUT2D eigenvalue weighted by molar-refractivity contribution is 0.452. The van der Waals surface area contributed by atoms with Gasteiger partial charge in [0.1, 0.15) is 0 Å². The summed E-state index contributed by atoms with van der Waals surface area (Å²) in [6.07, 6.45) is 7.09. The first-order valence-corrected chi connectivity index (χ1v) is 5.34. The average Bonchev–Trinajstić information content (AvgIpc) is 2.19. The predicted octanol–water partition coefficient (Wildman–Crippen LogP) is 2.39. The maximum Gasteiger partial charge on any atom is 0.0299 e. The molecule has 2 N–H and O–H groups in total. The van der Waals surface area contributed by atoms with Crippen LogP contribution in [-0.2, 0) is 6.42 Å². The van der Waals surface area contributed by atoms with Gasteiger partial charge in [-0.25, -0.2) is 0 Å². The van der Waals surface area contributed by atoms with Crippen LogP contribution in [0.4, 0.5) is 0 Å². The van der Waals surface area contributed by atoms with E-state index in [4.69, 9.17) is 5.73 Å². The molecule has 0 aliphatic carbocycles. The van der Waals surface area contributed by atoms with Gasteiger partial charge in [-0.2, -0.15) is 0 Å². The first-order valence-electron chi connectivity index (χ1n) is 5.34. The maximum absolute atomic E-state index is 5.97. The van der Waals surface area contributed by atoms with Crippen LogP contribution in [0.1, 0.15) is 32.3 Å². The zero-order valence-corrected chi connectivity index (χ0v) is 9.11. The first-order chi connectivity index (χ1) is 6.70. The smallest absolute Gasteiger partial charge is 0.0299 e. The summed E-state index contributed by atoms with van der Waals surface area (Å²) in [6.45, 7) is 4.35. The molecule has 1 atom stereocenters. The van der Waals surface area contributed by atoms with E-state index in [1.54, 1.807) is 0 Å². The van der Waals surface area contributed by atoms with Crippen LogP contribution in [-0.4, -0.2) is 11.0 Å². The van der Waals surface area contributed by atoms with Gasteiger partial charge in [0.2, 0.25) is 0 Å². The highest BCUT2D eigenvalue weighted by Gasteiger charge is 2.06. The van der Waals surface area contributed by atoms with E-state index in [1.807, 2.05) is 18.5 Å². The van der Waals surface area contributed by atoms with E-state index in [2.05, 4.69) is 24.9 Å². The quantitative estimate of drug-likeness (QED) is 0.778. The lowest BCUT2D eigenvalue weighted by Gasteiger charge is -2.14. The van der Waals surface area contributed by atoms with E-state index in [9.17, 15) is 0 Å². The van der Waals surface area contributed by atoms with Gasteiger partial charge >= 0.3 is 0 Å². The molecule has 1 aromatic heterocycles. The summed E-state index contributed by atoms with van der Waals surface area (Å²) in [5.74, 6) is 0.587. The van der Waals surface area contributed by atoms with Crippen molar-refractivity contribution in [3.05, 3.63) is 30.1 Å². The van der Waals surface area contributed by atoms with Crippen LogP contribution in [0, 0.1) is 5.92 Å². The van der Waals surface area contributed by atoms with Gasteiger partial charge in [0, 0.05) is 18.4 Å². The summed E-state index contributed by atoms with van der Waals surface area (Å²) in [5, 5.41) is 0. The number of nitrogens with zero attached hydrogens (tertiary/aromatic N) is 1. The van der Waals surface area contributed by atoms with Gasteiger partial charge in [-0.05, 0) is 36.8 Å². The van der Waals surface area contributed by atoms with Gasteiger partial charge in [0.15, 0.2) is 0 Å². The second-order valence-corrected chi connectivity index (χ2v) is 4.16. The van der Waals surface area contributed by atoms with E-state index in [0.29, 0.717) is 12.0 Å². The molecule has 0 saturated heterocycles. The SMILES string of the molecule is CC(C)[C@H](N)CCCc1cccnc1. The molecule has 2 heteroatoms. The maximum atomic E-state index is 5.97. The number of aromatic nitrogens is 1. The van der Waals surface area contributed by atoms with Crippen LogP contribution in [0.2, 0.25) is 0 Å². The Balaban J connectivity index is 2.22. The van der Waals surface area contributed by atoms with Crippen molar-refractivity contribution < 1.29 is 0 Å². The molecule has 2 nitrogen and oxygen atoms in total. The summed E-state index contributed by atoms with van der Waals surface area (Å²) in [4.78, 5) is 4.09. The van der Waals surface area contributed by atoms with Crippen LogP contribution in [0.3, 0.4) is 0 Å². The van der Waals surface area contributed by atoms with Gasteiger partial charge in [-0.1, -0.05) is 19.9 Å². The van der Waals surface area contributed by atoms with Crippen molar-refractivity contribution in [2.45, 2.75) is 39.2 Å². The number of hydrogen-bond donors (Lipinski definition) is 1. The van der Waals surface area contributed by atoms with Gasteiger partial charge in [-0.3, -0.25) is 4.98 Å². The Morgan fingerprint density at radius 2 is 2.21 bits per heavy atom. The Morgan fingerprint density at radius 3 is 2.79 bits per heavy atom. The minimum Gasteiger partial charge on any atom is -0.327 e. The second kappa shape index (κ2) is 5.76. The third-order valence-electron chi connectivity index (χ3n) is 2.58. The van der Waals surface area contributed by atoms with Gasteiger partial charge < -0.3 is 5.73 Å². The fraction of sp³-hybridized carbons (Fsp3) is 0.583. The number of aryl methyl sites for hydroxylation is 1. The number of rotatable bonds is 5. The van der Waals surface area contributed by atoms with Crippen LogP contribution in [0.5, 0.6) is 0 Å². The molecule has 0 unspecified atom stereocenters. The molecule has 1 heterocycles. The molecule has 0 saturated carbocycles. The molecule has 0 aromatic carbocycles. The van der Waals surface area contributed by atoms with E-state index in [0.717, 1.165) is 19.3 Å². The number of hydrogen-bond acceptors (Lipinski definition) is 2. The summed E-state index contributed by atoms with van der Waals surface area (Å²) in [6, 6.07) is 4.44. The number of nitrogens with two attached hydrogens (primary N) is 1. The van der Waals surface area contributed by atoms with Crippen molar-refractivity contribution in [3.63, 3.8) is 0 Å². The molecule has 1 aromatic rings. The molecule has 1 rings (SSSR count). The molecule has 0 fully saturated rings. The molecule has 0 amide bonds. The molecule has 0 bridgehead atoms. The van der Waals surface area contributed by atoms with Crippen molar-refractivity contribution in [2.24, 2.45) is 11.7 Å². The van der Waals surface area contributed by atoms with Crippen LogP contribution in [0.25, 0.3) is 0 Å². The van der Waals surface area contributed by atoms with E-state index in [-0.39, 0.29) is 0 Å². The van der Waals surface area contributed by atoms with Gasteiger partial charge in [0.05, 0.1) is 0 Å². The molecular weight excluding hydrogens is 172 g/mol. The number of pyridine rings is 1. The molecular formula is C12H20N2. The molecule has 0 radical (unpaired) electrons. The third-order valence-corrected chi connectivity index (χ3v) is 2.58. The second-order valence-electron chi connectivity index (χ2n) is 4.16. The fourth-order valence-corrected chi connectivity index (χ4v) is 1.42. The third kappa shape index (κ3) is 3.88. The molecule has 78 valence electrons. The highest BCUT2D eigenvalue weighted by atomic mass is 14.6. The molecule has 0 spiro atoms. The average molecular weight is 192 g/mol. The highest BCUT2D eigenvalue weighted by Crippen LogP contribution is 2.09. The molecule has 0 aliphatic heterocycles. The monoisotopic (exact) mass is 192 g/mol. The normalized spacial score (nSPS) is 13.1. The van der Waals surface area contributed by atoms with Crippen molar-refractivity contribution in [2.75, 3.05) is 0 Å². The Kier molecular flexibility index (Phi) is 4.60. The van der Waals surface area contributed by atoms with E-state index in [1.165, 1.54) is 5.56 Å². The summed E-state index contributed by atoms with van der Waals surface area (Å²) in [5.41, 5.74) is 7.27. The fourth-order valence-electron chi connectivity index (χ4n) is 1.42. The Morgan fingerprint density at radius 1 is 1.43 bits per heavy atom. The Labute approximate surface area is 86.5 Å². The van der Waals surface area contributed by atoms with Crippen LogP contribution in [0.15, 0.2) is 24.5 Å². The topological polar surface area (TPSA) is 38.9 Å². The van der Waals surface area contributed by atoms with Gasteiger partial charge in [-0.15, -0.1) is 0 Å². The zero-order valence-electron chi connectivity index (χ0n) is 9.11. The Hall–Kier alpha value is -0.890. The largest absolute Gasteiger partial charge is 0.327 e. The lowest BCUT2D eigenvalue weighted by Crippen LogP contribution is -2.26. The predicted molar refractivity (Wildman–Crippen MR) is 60.0 cm³/mol. The van der Waals surface area contributed by atoms with E-state index >= 15 is 0 Å². The van der Waals surface area contributed by atoms with Crippen molar-refractivity contribution in [3.8, 4) is 0 Å². The highest BCUT2D eigenvalue weighted by molar-refractivity contribution is 5.08. The standard InChI is InChI=1S/C12H20N2/c1-10(2)12(13)7-3-5-11-6-4-8-14-9-11/h4,6,8-10,12H,3,5,7,13H2,1-2H3/t12-/m1/s1. The summed E-state index contributed by atoms with van der Waals surface area (Å²) >= 11 is 0. The first kappa shape index (κ1) is 11.2. The van der Waals surface area contributed by atoms with Crippen LogP contribution >= 0.6 is 0 Å². The minimum absolute atomic E-state index is 0.340. The van der Waals surface area contributed by atoms with Crippen molar-refractivity contribution in [1.29, 1.82) is 0 Å². The van der Waals surface area contributed by atoms with Crippen molar-refractivity contribution >= 4 is 0 Å². The Bertz CT molecular complexity index is 244. The lowest BCUT2D eigenvalue weighted by atomic mass is 9.98. The zero-order chi connectivity index (χ0) is 10.4. The molecule has 14 heavy (non-hydrogen) atoms. The minimum atomic E-state index is 0.340. The molecule has 0 aliphatic rings. The van der Waals surface area contributed by atoms with Crippen molar-refractivity contribution in [1.82, 2.24) is 4.98 Å². The van der Waals surface area contributed by atoms with E-state index < -0.39 is 0 Å². The summed E-state index contributed by atoms with van der Waals surface area (Å²) < 4.78 is 0. The van der Waals surface area contributed by atoms with Crippen LogP contribution < -0.4 is 5.73 Å². The summed E-state index contributed by atoms with van der Waals surface area (Å²) in [7, 11) is 0. The van der Waals surface area contributed by atoms with Gasteiger partial charge in [0.25, 0.3) is 0 Å².